The van der Waals surface area contributed by atoms with Gasteiger partial charge in [-0.05, 0) is 30.3 Å². The summed E-state index contributed by atoms with van der Waals surface area (Å²) in [5.74, 6) is -0.607. The fraction of sp³-hybridized carbons (Fsp3) is 0.0667. The van der Waals surface area contributed by atoms with Gasteiger partial charge in [0.05, 0.1) is 16.1 Å². The van der Waals surface area contributed by atoms with E-state index in [0.29, 0.717) is 0 Å². The molecular formula is C15H11ClFN3O2. The van der Waals surface area contributed by atoms with E-state index in [4.69, 9.17) is 16.3 Å². The van der Waals surface area contributed by atoms with Gasteiger partial charge in [0.15, 0.2) is 6.61 Å². The van der Waals surface area contributed by atoms with Crippen LogP contribution in [-0.4, -0.2) is 22.2 Å². The molecule has 1 heterocycles. The van der Waals surface area contributed by atoms with Crippen LogP contribution >= 0.6 is 11.6 Å². The van der Waals surface area contributed by atoms with Crippen molar-refractivity contribution in [1.82, 2.24) is 9.66 Å². The molecule has 5 nitrogen and oxygen atoms in total. The molecule has 0 unspecified atom stereocenters. The molecule has 0 atom stereocenters. The third-order valence-electron chi connectivity index (χ3n) is 2.95. The predicted molar refractivity (Wildman–Crippen MR) is 81.0 cm³/mol. The Hall–Kier alpha value is -2.60. The summed E-state index contributed by atoms with van der Waals surface area (Å²) in [6, 6.07) is 11.1. The molecule has 0 aliphatic heterocycles. The highest BCUT2D eigenvalue weighted by atomic mass is 35.5. The fourth-order valence-electron chi connectivity index (χ4n) is 1.95. The van der Waals surface area contributed by atoms with Crippen LogP contribution in [0.4, 0.5) is 4.39 Å². The van der Waals surface area contributed by atoms with E-state index in [2.05, 4.69) is 10.4 Å². The van der Waals surface area contributed by atoms with Crippen LogP contribution in [0.5, 0.6) is 5.75 Å². The molecule has 0 saturated heterocycles. The van der Waals surface area contributed by atoms with Gasteiger partial charge in [0.25, 0.3) is 5.91 Å². The second kappa shape index (κ2) is 6.03. The summed E-state index contributed by atoms with van der Waals surface area (Å²) in [5.41, 5.74) is 4.18. The maximum atomic E-state index is 12.9. The number of amides is 1. The van der Waals surface area contributed by atoms with E-state index in [9.17, 15) is 9.18 Å². The van der Waals surface area contributed by atoms with E-state index >= 15 is 0 Å². The number of aromatic nitrogens is 2. The molecule has 0 spiro atoms. The van der Waals surface area contributed by atoms with Crippen molar-refractivity contribution in [2.75, 3.05) is 12.0 Å². The number of carbonyl (C=O) groups excluding carboxylic acids is 1. The van der Waals surface area contributed by atoms with E-state index in [1.54, 1.807) is 0 Å². The Labute approximate surface area is 130 Å². The number of ether oxygens (including phenoxy) is 1. The van der Waals surface area contributed by atoms with E-state index in [1.807, 2.05) is 24.3 Å². The average molecular weight is 320 g/mol. The SMILES string of the molecule is O=C(COc1ccc(F)cc1Cl)Nn1cnc2ccccc21. The molecule has 0 saturated carbocycles. The second-order valence-corrected chi connectivity index (χ2v) is 4.91. The van der Waals surface area contributed by atoms with Crippen LogP contribution in [-0.2, 0) is 4.79 Å². The van der Waals surface area contributed by atoms with Gasteiger partial charge in [-0.15, -0.1) is 0 Å². The van der Waals surface area contributed by atoms with Gasteiger partial charge in [0, 0.05) is 0 Å². The normalized spacial score (nSPS) is 10.6. The number of carbonyl (C=O) groups is 1. The molecule has 22 heavy (non-hydrogen) atoms. The molecular weight excluding hydrogens is 309 g/mol. The first-order valence-corrected chi connectivity index (χ1v) is 6.81. The third kappa shape index (κ3) is 3.01. The third-order valence-corrected chi connectivity index (χ3v) is 3.25. The van der Waals surface area contributed by atoms with Crippen LogP contribution in [0.15, 0.2) is 48.8 Å². The smallest absolute Gasteiger partial charge is 0.276 e. The Morgan fingerprint density at radius 3 is 2.95 bits per heavy atom. The summed E-state index contributed by atoms with van der Waals surface area (Å²) in [5, 5.41) is 0.112. The minimum Gasteiger partial charge on any atom is -0.482 e. The van der Waals surface area contributed by atoms with Gasteiger partial charge in [-0.2, -0.15) is 0 Å². The summed E-state index contributed by atoms with van der Waals surface area (Å²) >= 11 is 5.82. The zero-order chi connectivity index (χ0) is 15.5. The zero-order valence-corrected chi connectivity index (χ0v) is 12.0. The lowest BCUT2D eigenvalue weighted by molar-refractivity contribution is -0.119. The molecule has 3 rings (SSSR count). The summed E-state index contributed by atoms with van der Waals surface area (Å²) in [6.07, 6.45) is 1.51. The van der Waals surface area contributed by atoms with Gasteiger partial charge in [-0.1, -0.05) is 23.7 Å². The summed E-state index contributed by atoms with van der Waals surface area (Å²) in [4.78, 5) is 16.1. The summed E-state index contributed by atoms with van der Waals surface area (Å²) in [7, 11) is 0. The molecule has 2 aromatic carbocycles. The molecule has 112 valence electrons. The number of imidazole rings is 1. The van der Waals surface area contributed by atoms with Crippen LogP contribution in [0.1, 0.15) is 0 Å². The van der Waals surface area contributed by atoms with Crippen LogP contribution in [0.3, 0.4) is 0 Å². The van der Waals surface area contributed by atoms with Crippen molar-refractivity contribution in [3.05, 3.63) is 59.6 Å². The van der Waals surface area contributed by atoms with Crippen molar-refractivity contribution in [3.63, 3.8) is 0 Å². The number of hydrogen-bond acceptors (Lipinski definition) is 3. The first kappa shape index (κ1) is 14.3. The highest BCUT2D eigenvalue weighted by Crippen LogP contribution is 2.24. The average Bonchev–Trinajstić information content (AvgIpc) is 2.90. The molecule has 7 heteroatoms. The maximum absolute atomic E-state index is 12.9. The molecule has 0 radical (unpaired) electrons. The topological polar surface area (TPSA) is 56.1 Å². The Balaban J connectivity index is 1.65. The van der Waals surface area contributed by atoms with Gasteiger partial charge in [0.1, 0.15) is 17.9 Å². The van der Waals surface area contributed by atoms with Gasteiger partial charge in [-0.3, -0.25) is 10.2 Å². The van der Waals surface area contributed by atoms with E-state index in [-0.39, 0.29) is 23.3 Å². The molecule has 1 amide bonds. The van der Waals surface area contributed by atoms with Gasteiger partial charge in [-0.25, -0.2) is 14.1 Å². The first-order valence-electron chi connectivity index (χ1n) is 6.43. The van der Waals surface area contributed by atoms with Gasteiger partial charge in [0.2, 0.25) is 0 Å². The van der Waals surface area contributed by atoms with Crippen LogP contribution in [0, 0.1) is 5.82 Å². The first-order chi connectivity index (χ1) is 10.6. The lowest BCUT2D eigenvalue weighted by atomic mass is 10.3. The molecule has 1 aromatic heterocycles. The number of fused-ring (bicyclic) bond motifs is 1. The molecule has 0 bridgehead atoms. The quantitative estimate of drug-likeness (QED) is 0.804. The number of rotatable bonds is 4. The predicted octanol–water partition coefficient (Wildman–Crippen LogP) is 2.98. The van der Waals surface area contributed by atoms with Gasteiger partial charge >= 0.3 is 0 Å². The molecule has 3 aromatic rings. The number of nitrogens with one attached hydrogen (secondary N) is 1. The number of hydrogen-bond donors (Lipinski definition) is 1. The monoisotopic (exact) mass is 319 g/mol. The fourth-order valence-corrected chi connectivity index (χ4v) is 2.17. The van der Waals surface area contributed by atoms with Crippen molar-refractivity contribution in [2.24, 2.45) is 0 Å². The van der Waals surface area contributed by atoms with Crippen LogP contribution in [0.2, 0.25) is 5.02 Å². The standard InChI is InChI=1S/C15H11ClFN3O2/c16-11-7-10(17)5-6-14(11)22-8-15(21)19-20-9-18-12-3-1-2-4-13(12)20/h1-7,9H,8H2,(H,19,21). The van der Waals surface area contributed by atoms with E-state index in [1.165, 1.54) is 23.1 Å². The largest absolute Gasteiger partial charge is 0.482 e. The van der Waals surface area contributed by atoms with Crippen molar-refractivity contribution < 1.29 is 13.9 Å². The number of nitrogens with zero attached hydrogens (tertiary/aromatic N) is 2. The van der Waals surface area contributed by atoms with E-state index < -0.39 is 5.82 Å². The number of para-hydroxylation sites is 2. The van der Waals surface area contributed by atoms with Crippen LogP contribution < -0.4 is 10.2 Å². The summed E-state index contributed by atoms with van der Waals surface area (Å²) < 4.78 is 19.7. The van der Waals surface area contributed by atoms with Crippen molar-refractivity contribution >= 4 is 28.5 Å². The molecule has 1 N–H and O–H groups in total. The molecule has 0 aliphatic carbocycles. The zero-order valence-electron chi connectivity index (χ0n) is 11.3. The minimum absolute atomic E-state index is 0.112. The Bertz CT molecular complexity index is 835. The number of halogens is 2. The summed E-state index contributed by atoms with van der Waals surface area (Å²) in [6.45, 7) is -0.252. The number of benzene rings is 2. The molecule has 0 aliphatic rings. The highest BCUT2D eigenvalue weighted by Gasteiger charge is 2.09. The Kier molecular flexibility index (Phi) is 3.93. The minimum atomic E-state index is -0.466. The lowest BCUT2D eigenvalue weighted by Gasteiger charge is -2.09. The Morgan fingerprint density at radius 1 is 1.32 bits per heavy atom. The Morgan fingerprint density at radius 2 is 2.14 bits per heavy atom. The van der Waals surface area contributed by atoms with Crippen molar-refractivity contribution in [3.8, 4) is 5.75 Å². The van der Waals surface area contributed by atoms with Crippen molar-refractivity contribution in [2.45, 2.75) is 0 Å². The van der Waals surface area contributed by atoms with E-state index in [0.717, 1.165) is 17.1 Å². The highest BCUT2D eigenvalue weighted by molar-refractivity contribution is 6.32. The lowest BCUT2D eigenvalue weighted by Crippen LogP contribution is -2.27. The van der Waals surface area contributed by atoms with Gasteiger partial charge < -0.3 is 4.74 Å². The van der Waals surface area contributed by atoms with Crippen molar-refractivity contribution in [1.29, 1.82) is 0 Å². The molecule has 0 fully saturated rings. The second-order valence-electron chi connectivity index (χ2n) is 4.50. The van der Waals surface area contributed by atoms with Crippen LogP contribution in [0.25, 0.3) is 11.0 Å². The maximum Gasteiger partial charge on any atom is 0.276 e.